The SMILES string of the molecule is CC1(c2ccccc2)CCC(N)C1.Cl. The first-order chi connectivity index (χ1) is 6.21. The van der Waals surface area contributed by atoms with E-state index < -0.39 is 0 Å². The molecule has 0 aromatic heterocycles. The third-order valence-electron chi connectivity index (χ3n) is 3.25. The Bertz CT molecular complexity index is 286. The van der Waals surface area contributed by atoms with Crippen molar-refractivity contribution < 1.29 is 0 Å². The zero-order chi connectivity index (χ0) is 9.31. The molecule has 2 unspecified atom stereocenters. The van der Waals surface area contributed by atoms with Gasteiger partial charge in [-0.3, -0.25) is 0 Å². The second-order valence-corrected chi connectivity index (χ2v) is 4.43. The summed E-state index contributed by atoms with van der Waals surface area (Å²) in [5, 5.41) is 0. The molecule has 1 nitrogen and oxygen atoms in total. The van der Waals surface area contributed by atoms with Crippen LogP contribution in [-0.2, 0) is 5.41 Å². The molecule has 2 rings (SSSR count). The first-order valence-electron chi connectivity index (χ1n) is 5.02. The highest BCUT2D eigenvalue weighted by atomic mass is 35.5. The van der Waals surface area contributed by atoms with Crippen LogP contribution in [-0.4, -0.2) is 6.04 Å². The van der Waals surface area contributed by atoms with Crippen molar-refractivity contribution in [1.29, 1.82) is 0 Å². The maximum absolute atomic E-state index is 5.95. The molecule has 2 N–H and O–H groups in total. The third-order valence-corrected chi connectivity index (χ3v) is 3.25. The van der Waals surface area contributed by atoms with Crippen LogP contribution in [0.25, 0.3) is 0 Å². The molecule has 0 aliphatic heterocycles. The Morgan fingerprint density at radius 2 is 1.93 bits per heavy atom. The van der Waals surface area contributed by atoms with Gasteiger partial charge in [0.1, 0.15) is 0 Å². The van der Waals surface area contributed by atoms with E-state index in [1.807, 2.05) is 0 Å². The Hall–Kier alpha value is -0.530. The van der Waals surface area contributed by atoms with E-state index >= 15 is 0 Å². The maximum atomic E-state index is 5.95. The van der Waals surface area contributed by atoms with Crippen LogP contribution in [0, 0.1) is 0 Å². The highest BCUT2D eigenvalue weighted by Gasteiger charge is 2.34. The van der Waals surface area contributed by atoms with Crippen molar-refractivity contribution in [2.45, 2.75) is 37.6 Å². The number of halogens is 1. The molecule has 2 atom stereocenters. The number of hydrogen-bond donors (Lipinski definition) is 1. The van der Waals surface area contributed by atoms with Crippen molar-refractivity contribution in [1.82, 2.24) is 0 Å². The van der Waals surface area contributed by atoms with Crippen LogP contribution < -0.4 is 5.73 Å². The molecule has 78 valence electrons. The number of nitrogens with two attached hydrogens (primary N) is 1. The third kappa shape index (κ3) is 2.10. The van der Waals surface area contributed by atoms with Crippen molar-refractivity contribution in [2.75, 3.05) is 0 Å². The molecular weight excluding hydrogens is 194 g/mol. The van der Waals surface area contributed by atoms with Gasteiger partial charge in [-0.25, -0.2) is 0 Å². The molecule has 14 heavy (non-hydrogen) atoms. The zero-order valence-corrected chi connectivity index (χ0v) is 9.39. The molecule has 0 radical (unpaired) electrons. The van der Waals surface area contributed by atoms with Gasteiger partial charge in [0.15, 0.2) is 0 Å². The normalized spacial score (nSPS) is 31.1. The van der Waals surface area contributed by atoms with Crippen LogP contribution in [0.2, 0.25) is 0 Å². The van der Waals surface area contributed by atoms with Gasteiger partial charge in [0.2, 0.25) is 0 Å². The smallest absolute Gasteiger partial charge is 0.00475 e. The summed E-state index contributed by atoms with van der Waals surface area (Å²) in [6.45, 7) is 2.33. The fourth-order valence-electron chi connectivity index (χ4n) is 2.39. The van der Waals surface area contributed by atoms with E-state index in [2.05, 4.69) is 37.3 Å². The van der Waals surface area contributed by atoms with Crippen LogP contribution in [0.1, 0.15) is 31.7 Å². The van der Waals surface area contributed by atoms with Gasteiger partial charge >= 0.3 is 0 Å². The minimum absolute atomic E-state index is 0. The van der Waals surface area contributed by atoms with Gasteiger partial charge in [-0.1, -0.05) is 37.3 Å². The Labute approximate surface area is 92.1 Å². The van der Waals surface area contributed by atoms with Crippen LogP contribution >= 0.6 is 12.4 Å². The second kappa shape index (κ2) is 4.33. The Morgan fingerprint density at radius 3 is 2.43 bits per heavy atom. The van der Waals surface area contributed by atoms with Gasteiger partial charge in [0.25, 0.3) is 0 Å². The van der Waals surface area contributed by atoms with Gasteiger partial charge in [-0.05, 0) is 30.2 Å². The molecule has 1 fully saturated rings. The summed E-state index contributed by atoms with van der Waals surface area (Å²) < 4.78 is 0. The molecule has 2 heteroatoms. The van der Waals surface area contributed by atoms with Crippen molar-refractivity contribution in [3.8, 4) is 0 Å². The predicted octanol–water partition coefficient (Wildman–Crippen LogP) is 2.88. The van der Waals surface area contributed by atoms with Crippen molar-refractivity contribution in [3.63, 3.8) is 0 Å². The second-order valence-electron chi connectivity index (χ2n) is 4.43. The largest absolute Gasteiger partial charge is 0.328 e. The summed E-state index contributed by atoms with van der Waals surface area (Å²) in [7, 11) is 0. The van der Waals surface area contributed by atoms with Crippen LogP contribution in [0.4, 0.5) is 0 Å². The first-order valence-corrected chi connectivity index (χ1v) is 5.02. The van der Waals surface area contributed by atoms with E-state index in [0.717, 1.165) is 6.42 Å². The van der Waals surface area contributed by atoms with Gasteiger partial charge < -0.3 is 5.73 Å². The minimum atomic E-state index is 0. The molecule has 0 bridgehead atoms. The summed E-state index contributed by atoms with van der Waals surface area (Å²) in [5.41, 5.74) is 7.73. The molecule has 1 aliphatic rings. The van der Waals surface area contributed by atoms with E-state index in [9.17, 15) is 0 Å². The molecule has 0 spiro atoms. The highest BCUT2D eigenvalue weighted by Crippen LogP contribution is 2.39. The van der Waals surface area contributed by atoms with E-state index in [-0.39, 0.29) is 12.4 Å². The standard InChI is InChI=1S/C12H17N.ClH/c1-12(8-7-11(13)9-12)10-5-3-2-4-6-10;/h2-6,11H,7-9,13H2,1H3;1H. The van der Waals surface area contributed by atoms with Gasteiger partial charge in [0.05, 0.1) is 0 Å². The Balaban J connectivity index is 0.000000980. The fourth-order valence-corrected chi connectivity index (χ4v) is 2.39. The van der Waals surface area contributed by atoms with Gasteiger partial charge in [0, 0.05) is 6.04 Å². The maximum Gasteiger partial charge on any atom is 0.00475 e. The lowest BCUT2D eigenvalue weighted by molar-refractivity contribution is 0.482. The fraction of sp³-hybridized carbons (Fsp3) is 0.500. The molecule has 1 saturated carbocycles. The van der Waals surface area contributed by atoms with Crippen molar-refractivity contribution in [2.24, 2.45) is 5.73 Å². The van der Waals surface area contributed by atoms with Crippen LogP contribution in [0.15, 0.2) is 30.3 Å². The Kier molecular flexibility index (Phi) is 3.57. The van der Waals surface area contributed by atoms with Crippen LogP contribution in [0.5, 0.6) is 0 Å². The summed E-state index contributed by atoms with van der Waals surface area (Å²) in [6.07, 6.45) is 3.54. The molecule has 0 amide bonds. The molecule has 0 heterocycles. The number of benzene rings is 1. The predicted molar refractivity (Wildman–Crippen MR) is 62.9 cm³/mol. The average molecular weight is 212 g/mol. The minimum Gasteiger partial charge on any atom is -0.328 e. The summed E-state index contributed by atoms with van der Waals surface area (Å²) in [5.74, 6) is 0. The van der Waals surface area contributed by atoms with Gasteiger partial charge in [-0.15, -0.1) is 12.4 Å². The highest BCUT2D eigenvalue weighted by molar-refractivity contribution is 5.85. The van der Waals surface area contributed by atoms with Crippen molar-refractivity contribution in [3.05, 3.63) is 35.9 Å². The lowest BCUT2D eigenvalue weighted by atomic mass is 9.81. The summed E-state index contributed by atoms with van der Waals surface area (Å²) in [6, 6.07) is 11.2. The first kappa shape index (κ1) is 11.5. The van der Waals surface area contributed by atoms with E-state index in [4.69, 9.17) is 5.73 Å². The molecule has 1 aromatic rings. The monoisotopic (exact) mass is 211 g/mol. The number of rotatable bonds is 1. The van der Waals surface area contributed by atoms with Crippen molar-refractivity contribution >= 4 is 12.4 Å². The molecular formula is C12H18ClN. The topological polar surface area (TPSA) is 26.0 Å². The molecule has 0 saturated heterocycles. The van der Waals surface area contributed by atoms with E-state index in [1.54, 1.807) is 0 Å². The van der Waals surface area contributed by atoms with E-state index in [0.29, 0.717) is 11.5 Å². The molecule has 1 aromatic carbocycles. The summed E-state index contributed by atoms with van der Waals surface area (Å²) in [4.78, 5) is 0. The van der Waals surface area contributed by atoms with Gasteiger partial charge in [-0.2, -0.15) is 0 Å². The van der Waals surface area contributed by atoms with Crippen LogP contribution in [0.3, 0.4) is 0 Å². The van der Waals surface area contributed by atoms with E-state index in [1.165, 1.54) is 18.4 Å². The average Bonchev–Trinajstić information content (AvgIpc) is 2.49. The Morgan fingerprint density at radius 1 is 1.29 bits per heavy atom. The quantitative estimate of drug-likeness (QED) is 0.760. The lowest BCUT2D eigenvalue weighted by Crippen LogP contribution is -2.22. The number of hydrogen-bond acceptors (Lipinski definition) is 1. The molecule has 1 aliphatic carbocycles. The summed E-state index contributed by atoms with van der Waals surface area (Å²) >= 11 is 0. The lowest BCUT2D eigenvalue weighted by Gasteiger charge is -2.24. The zero-order valence-electron chi connectivity index (χ0n) is 8.57.